The molecule has 0 radical (unpaired) electrons. The minimum absolute atomic E-state index is 0.310. The molecule has 0 aromatic heterocycles. The monoisotopic (exact) mass is 256 g/mol. The van der Waals surface area contributed by atoms with E-state index in [0.717, 1.165) is 6.61 Å². The van der Waals surface area contributed by atoms with Crippen molar-refractivity contribution in [3.8, 4) is 0 Å². The lowest BCUT2D eigenvalue weighted by atomic mass is 10.2. The van der Waals surface area contributed by atoms with Crippen molar-refractivity contribution in [3.05, 3.63) is 0 Å². The summed E-state index contributed by atoms with van der Waals surface area (Å²) in [6.07, 6.45) is 0.310. The van der Waals surface area contributed by atoms with E-state index in [0.29, 0.717) is 10.0 Å². The van der Waals surface area contributed by atoms with Gasteiger partial charge < -0.3 is 9.47 Å². The second kappa shape index (κ2) is 2.95. The van der Waals surface area contributed by atoms with Crippen LogP contribution >= 0.6 is 22.6 Å². The molecule has 2 nitrogen and oxygen atoms in total. The van der Waals surface area contributed by atoms with Crippen LogP contribution in [0.1, 0.15) is 20.8 Å². The fourth-order valence-electron chi connectivity index (χ4n) is 0.971. The molecular formula is C7H13IO2. The van der Waals surface area contributed by atoms with E-state index in [1.165, 1.54) is 0 Å². The van der Waals surface area contributed by atoms with E-state index in [9.17, 15) is 0 Å². The predicted octanol–water partition coefficient (Wildman–Crippen LogP) is 1.96. The molecule has 1 saturated heterocycles. The molecule has 0 bridgehead atoms. The van der Waals surface area contributed by atoms with Gasteiger partial charge in [-0.1, -0.05) is 22.6 Å². The topological polar surface area (TPSA) is 18.5 Å². The van der Waals surface area contributed by atoms with Crippen LogP contribution in [0.25, 0.3) is 0 Å². The SMILES string of the molecule is CC1OC(C)(C)OCC1I. The summed E-state index contributed by atoms with van der Waals surface area (Å²) < 4.78 is 11.5. The summed E-state index contributed by atoms with van der Waals surface area (Å²) in [5, 5.41) is 0. The highest BCUT2D eigenvalue weighted by molar-refractivity contribution is 14.1. The lowest BCUT2D eigenvalue weighted by molar-refractivity contribution is -0.264. The highest BCUT2D eigenvalue weighted by Gasteiger charge is 2.32. The van der Waals surface area contributed by atoms with Crippen LogP contribution < -0.4 is 0 Å². The van der Waals surface area contributed by atoms with Gasteiger partial charge >= 0.3 is 0 Å². The van der Waals surface area contributed by atoms with Crippen LogP contribution in [0.4, 0.5) is 0 Å². The lowest BCUT2D eigenvalue weighted by Crippen LogP contribution is -2.44. The van der Waals surface area contributed by atoms with Crippen molar-refractivity contribution in [3.63, 3.8) is 0 Å². The van der Waals surface area contributed by atoms with Crippen molar-refractivity contribution >= 4 is 22.6 Å². The Labute approximate surface area is 75.4 Å². The third-order valence-electron chi connectivity index (χ3n) is 1.57. The van der Waals surface area contributed by atoms with E-state index in [2.05, 4.69) is 29.5 Å². The number of rotatable bonds is 0. The normalized spacial score (nSPS) is 39.6. The van der Waals surface area contributed by atoms with Crippen LogP contribution in [0.2, 0.25) is 0 Å². The van der Waals surface area contributed by atoms with Crippen LogP contribution in [0.15, 0.2) is 0 Å². The van der Waals surface area contributed by atoms with Gasteiger partial charge in [-0.3, -0.25) is 0 Å². The van der Waals surface area contributed by atoms with Gasteiger partial charge in [-0.25, -0.2) is 0 Å². The highest BCUT2D eigenvalue weighted by atomic mass is 127. The Balaban J connectivity index is 2.49. The molecule has 3 heteroatoms. The van der Waals surface area contributed by atoms with E-state index in [1.807, 2.05) is 13.8 Å². The molecule has 1 rings (SSSR count). The summed E-state index contributed by atoms with van der Waals surface area (Å²) in [7, 11) is 0. The summed E-state index contributed by atoms with van der Waals surface area (Å²) in [6.45, 7) is 6.79. The molecule has 10 heavy (non-hydrogen) atoms. The van der Waals surface area contributed by atoms with Crippen molar-refractivity contribution in [1.29, 1.82) is 0 Å². The van der Waals surface area contributed by atoms with Crippen molar-refractivity contribution in [1.82, 2.24) is 0 Å². The van der Waals surface area contributed by atoms with Crippen molar-refractivity contribution in [2.75, 3.05) is 6.61 Å². The van der Waals surface area contributed by atoms with Gasteiger partial charge in [0.2, 0.25) is 0 Å². The van der Waals surface area contributed by atoms with Gasteiger partial charge in [0.05, 0.1) is 16.6 Å². The van der Waals surface area contributed by atoms with Crippen molar-refractivity contribution in [2.24, 2.45) is 0 Å². The molecule has 1 aliphatic rings. The number of hydrogen-bond acceptors (Lipinski definition) is 2. The van der Waals surface area contributed by atoms with Gasteiger partial charge in [0, 0.05) is 0 Å². The molecule has 0 N–H and O–H groups in total. The molecule has 0 aromatic rings. The molecule has 60 valence electrons. The molecule has 0 amide bonds. The van der Waals surface area contributed by atoms with Gasteiger partial charge in [0.25, 0.3) is 0 Å². The third-order valence-corrected chi connectivity index (χ3v) is 2.94. The zero-order valence-corrected chi connectivity index (χ0v) is 8.71. The maximum Gasteiger partial charge on any atom is 0.163 e. The van der Waals surface area contributed by atoms with Gasteiger partial charge in [0.1, 0.15) is 0 Å². The molecule has 2 unspecified atom stereocenters. The van der Waals surface area contributed by atoms with Crippen molar-refractivity contribution in [2.45, 2.75) is 36.6 Å². The fraction of sp³-hybridized carbons (Fsp3) is 1.00. The average Bonchev–Trinajstić information content (AvgIpc) is 1.79. The summed E-state index contributed by atoms with van der Waals surface area (Å²) >= 11 is 2.35. The van der Waals surface area contributed by atoms with Gasteiger partial charge in [-0.2, -0.15) is 0 Å². The standard InChI is InChI=1S/C7H13IO2/c1-5-6(8)4-9-7(2,3)10-5/h5-6H,4H2,1-3H3. The molecule has 0 aromatic carbocycles. The first-order chi connectivity index (χ1) is 4.51. The molecule has 1 heterocycles. The van der Waals surface area contributed by atoms with Crippen LogP contribution in [0.3, 0.4) is 0 Å². The number of alkyl halides is 1. The predicted molar refractivity (Wildman–Crippen MR) is 48.4 cm³/mol. The zero-order chi connectivity index (χ0) is 7.78. The molecule has 0 spiro atoms. The Hall–Kier alpha value is 0.650. The maximum atomic E-state index is 5.56. The molecular weight excluding hydrogens is 243 g/mol. The molecule has 1 aliphatic heterocycles. The van der Waals surface area contributed by atoms with Crippen LogP contribution in [-0.4, -0.2) is 22.4 Å². The smallest absolute Gasteiger partial charge is 0.163 e. The van der Waals surface area contributed by atoms with E-state index < -0.39 is 0 Å². The average molecular weight is 256 g/mol. The molecule has 1 fully saturated rings. The second-order valence-corrected chi connectivity index (χ2v) is 4.65. The zero-order valence-electron chi connectivity index (χ0n) is 6.56. The summed E-state index contributed by atoms with van der Waals surface area (Å²) in [6, 6.07) is 0. The van der Waals surface area contributed by atoms with E-state index in [-0.39, 0.29) is 5.79 Å². The molecule has 2 atom stereocenters. The lowest BCUT2D eigenvalue weighted by Gasteiger charge is -2.37. The molecule has 0 saturated carbocycles. The summed E-state index contributed by atoms with van der Waals surface area (Å²) in [5.41, 5.74) is 0. The minimum Gasteiger partial charge on any atom is -0.349 e. The Bertz CT molecular complexity index is 125. The van der Waals surface area contributed by atoms with Crippen LogP contribution in [0.5, 0.6) is 0 Å². The second-order valence-electron chi connectivity index (χ2n) is 3.05. The first-order valence-electron chi connectivity index (χ1n) is 3.47. The Morgan fingerprint density at radius 1 is 1.50 bits per heavy atom. The highest BCUT2D eigenvalue weighted by Crippen LogP contribution is 2.25. The first kappa shape index (κ1) is 8.74. The van der Waals surface area contributed by atoms with Gasteiger partial charge in [-0.05, 0) is 20.8 Å². The maximum absolute atomic E-state index is 5.56. The van der Waals surface area contributed by atoms with E-state index in [4.69, 9.17) is 9.47 Å². The molecule has 0 aliphatic carbocycles. The van der Waals surface area contributed by atoms with Gasteiger partial charge in [0.15, 0.2) is 5.79 Å². The summed E-state index contributed by atoms with van der Waals surface area (Å²) in [5.74, 6) is -0.374. The van der Waals surface area contributed by atoms with Crippen LogP contribution in [-0.2, 0) is 9.47 Å². The minimum atomic E-state index is -0.374. The number of halogens is 1. The van der Waals surface area contributed by atoms with E-state index in [1.54, 1.807) is 0 Å². The largest absolute Gasteiger partial charge is 0.349 e. The third kappa shape index (κ3) is 2.07. The van der Waals surface area contributed by atoms with E-state index >= 15 is 0 Å². The first-order valence-corrected chi connectivity index (χ1v) is 4.72. The summed E-state index contributed by atoms with van der Waals surface area (Å²) in [4.78, 5) is 0. The quantitative estimate of drug-likeness (QED) is 0.487. The number of ether oxygens (including phenoxy) is 2. The Kier molecular flexibility index (Phi) is 2.58. The Morgan fingerprint density at radius 2 is 2.10 bits per heavy atom. The van der Waals surface area contributed by atoms with Crippen molar-refractivity contribution < 1.29 is 9.47 Å². The van der Waals surface area contributed by atoms with Crippen LogP contribution in [0, 0.1) is 0 Å². The Morgan fingerprint density at radius 3 is 2.50 bits per heavy atom. The fourth-order valence-corrected chi connectivity index (χ4v) is 1.30. The van der Waals surface area contributed by atoms with Gasteiger partial charge in [-0.15, -0.1) is 0 Å². The number of hydrogen-bond donors (Lipinski definition) is 0.